The van der Waals surface area contributed by atoms with Crippen LogP contribution in [0.2, 0.25) is 0 Å². The normalized spacial score (nSPS) is 10.1. The third kappa shape index (κ3) is 3.71. The fraction of sp³-hybridized carbons (Fsp3) is 0. The lowest BCUT2D eigenvalue weighted by molar-refractivity contribution is 0.586. The molecule has 2 aromatic carbocycles. The van der Waals surface area contributed by atoms with Gasteiger partial charge in [0, 0.05) is 10.5 Å². The lowest BCUT2D eigenvalue weighted by Crippen LogP contribution is -2.20. The maximum absolute atomic E-state index is 13.4. The van der Waals surface area contributed by atoms with E-state index < -0.39 is 11.6 Å². The monoisotopic (exact) mass is 342 g/mol. The minimum Gasteiger partial charge on any atom is -0.332 e. The third-order valence-corrected chi connectivity index (χ3v) is 3.20. The molecule has 0 heterocycles. The van der Waals surface area contributed by atoms with Gasteiger partial charge in [-0.05, 0) is 52.4 Å². The van der Waals surface area contributed by atoms with Crippen LogP contribution in [-0.2, 0) is 0 Å². The van der Waals surface area contributed by atoms with Crippen LogP contribution in [0, 0.1) is 11.6 Å². The van der Waals surface area contributed by atoms with Gasteiger partial charge in [-0.15, -0.1) is 0 Å². The molecule has 0 aromatic heterocycles. The van der Waals surface area contributed by atoms with Crippen molar-refractivity contribution < 1.29 is 8.78 Å². The number of benzene rings is 2. The van der Waals surface area contributed by atoms with Gasteiger partial charge in [-0.25, -0.2) is 8.78 Å². The fourth-order valence-corrected chi connectivity index (χ4v) is 2.03. The standard InChI is InChI=1S/C13H9BrF2N2S/c14-9-3-1-2-4-11(9)17-13(19)18-12-6-5-8(15)7-10(12)16/h1-7H,(H2,17,18,19). The molecule has 19 heavy (non-hydrogen) atoms. The Bertz CT molecular complexity index is 619. The second kappa shape index (κ2) is 6.08. The average Bonchev–Trinajstić information content (AvgIpc) is 2.36. The van der Waals surface area contributed by atoms with Crippen LogP contribution in [0.15, 0.2) is 46.9 Å². The molecule has 0 saturated heterocycles. The van der Waals surface area contributed by atoms with Crippen molar-refractivity contribution in [3.63, 3.8) is 0 Å². The zero-order valence-corrected chi connectivity index (χ0v) is 12.0. The van der Waals surface area contributed by atoms with Crippen LogP contribution in [0.1, 0.15) is 0 Å². The molecule has 0 amide bonds. The molecule has 0 spiro atoms. The Hall–Kier alpha value is -1.53. The smallest absolute Gasteiger partial charge is 0.175 e. The topological polar surface area (TPSA) is 24.1 Å². The molecule has 2 nitrogen and oxygen atoms in total. The molecule has 0 unspecified atom stereocenters. The van der Waals surface area contributed by atoms with Crippen LogP contribution in [0.4, 0.5) is 20.2 Å². The highest BCUT2D eigenvalue weighted by Gasteiger charge is 2.06. The molecule has 0 radical (unpaired) electrons. The molecule has 0 aliphatic carbocycles. The number of hydrogen-bond donors (Lipinski definition) is 2. The van der Waals surface area contributed by atoms with E-state index in [1.807, 2.05) is 24.3 Å². The molecule has 0 atom stereocenters. The lowest BCUT2D eigenvalue weighted by atomic mass is 10.3. The van der Waals surface area contributed by atoms with Gasteiger partial charge in [0.15, 0.2) is 5.11 Å². The summed E-state index contributed by atoms with van der Waals surface area (Å²) in [6.07, 6.45) is 0. The summed E-state index contributed by atoms with van der Waals surface area (Å²) in [5.74, 6) is -1.33. The Balaban J connectivity index is 2.08. The number of hydrogen-bond acceptors (Lipinski definition) is 1. The first kappa shape index (κ1) is 13.9. The Kier molecular flexibility index (Phi) is 4.44. The summed E-state index contributed by atoms with van der Waals surface area (Å²) >= 11 is 8.43. The summed E-state index contributed by atoms with van der Waals surface area (Å²) in [5.41, 5.74) is 0.869. The van der Waals surface area contributed by atoms with Gasteiger partial charge in [-0.3, -0.25) is 0 Å². The maximum Gasteiger partial charge on any atom is 0.175 e. The maximum atomic E-state index is 13.4. The van der Waals surface area contributed by atoms with E-state index >= 15 is 0 Å². The third-order valence-electron chi connectivity index (χ3n) is 2.30. The van der Waals surface area contributed by atoms with Gasteiger partial charge in [0.1, 0.15) is 11.6 Å². The van der Waals surface area contributed by atoms with Gasteiger partial charge < -0.3 is 10.6 Å². The van der Waals surface area contributed by atoms with Crippen LogP contribution in [0.25, 0.3) is 0 Å². The van der Waals surface area contributed by atoms with E-state index in [1.165, 1.54) is 6.07 Å². The molecule has 0 bridgehead atoms. The highest BCUT2D eigenvalue weighted by molar-refractivity contribution is 9.10. The predicted molar refractivity (Wildman–Crippen MR) is 80.3 cm³/mol. The SMILES string of the molecule is Fc1ccc(NC(=S)Nc2ccccc2Br)c(F)c1. The summed E-state index contributed by atoms with van der Waals surface area (Å²) in [6.45, 7) is 0. The molecule has 0 fully saturated rings. The van der Waals surface area contributed by atoms with Crippen molar-refractivity contribution in [1.29, 1.82) is 0 Å². The van der Waals surface area contributed by atoms with Gasteiger partial charge in [0.05, 0.1) is 11.4 Å². The Labute approximate surface area is 123 Å². The van der Waals surface area contributed by atoms with Gasteiger partial charge in [0.2, 0.25) is 0 Å². The Morgan fingerprint density at radius 2 is 1.68 bits per heavy atom. The largest absolute Gasteiger partial charge is 0.332 e. The molecule has 6 heteroatoms. The average molecular weight is 343 g/mol. The van der Waals surface area contributed by atoms with Crippen molar-refractivity contribution >= 4 is 44.6 Å². The molecular weight excluding hydrogens is 334 g/mol. The quantitative estimate of drug-likeness (QED) is 0.783. The highest BCUT2D eigenvalue weighted by Crippen LogP contribution is 2.22. The second-order valence-electron chi connectivity index (χ2n) is 3.68. The molecule has 0 aliphatic rings. The number of para-hydroxylation sites is 1. The van der Waals surface area contributed by atoms with Gasteiger partial charge in [-0.2, -0.15) is 0 Å². The van der Waals surface area contributed by atoms with E-state index in [0.29, 0.717) is 0 Å². The van der Waals surface area contributed by atoms with Crippen LogP contribution in [0.5, 0.6) is 0 Å². The van der Waals surface area contributed by atoms with E-state index in [4.69, 9.17) is 12.2 Å². The number of halogens is 3. The number of anilines is 2. The van der Waals surface area contributed by atoms with E-state index in [0.717, 1.165) is 22.3 Å². The number of nitrogens with one attached hydrogen (secondary N) is 2. The van der Waals surface area contributed by atoms with Crippen molar-refractivity contribution in [2.75, 3.05) is 10.6 Å². The van der Waals surface area contributed by atoms with E-state index in [1.54, 1.807) is 0 Å². The van der Waals surface area contributed by atoms with Gasteiger partial charge >= 0.3 is 0 Å². The van der Waals surface area contributed by atoms with Crippen molar-refractivity contribution in [2.24, 2.45) is 0 Å². The zero-order valence-electron chi connectivity index (χ0n) is 9.58. The Morgan fingerprint density at radius 1 is 1.00 bits per heavy atom. The second-order valence-corrected chi connectivity index (χ2v) is 4.95. The minimum absolute atomic E-state index is 0.117. The molecule has 0 aliphatic heterocycles. The lowest BCUT2D eigenvalue weighted by Gasteiger charge is -2.12. The summed E-state index contributed by atoms with van der Waals surface area (Å²) in [6, 6.07) is 10.6. The van der Waals surface area contributed by atoms with Crippen molar-refractivity contribution in [3.05, 3.63) is 58.6 Å². The Morgan fingerprint density at radius 3 is 2.37 bits per heavy atom. The number of rotatable bonds is 2. The zero-order chi connectivity index (χ0) is 13.8. The fourth-order valence-electron chi connectivity index (χ4n) is 1.43. The van der Waals surface area contributed by atoms with Crippen LogP contribution < -0.4 is 10.6 Å². The molecule has 2 aromatic rings. The molecule has 0 saturated carbocycles. The summed E-state index contributed by atoms with van der Waals surface area (Å²) in [7, 11) is 0. The van der Waals surface area contributed by atoms with Crippen molar-refractivity contribution in [3.8, 4) is 0 Å². The van der Waals surface area contributed by atoms with Crippen LogP contribution in [-0.4, -0.2) is 5.11 Å². The minimum atomic E-state index is -0.698. The first-order chi connectivity index (χ1) is 9.06. The summed E-state index contributed by atoms with van der Waals surface area (Å²) < 4.78 is 27.0. The molecule has 2 N–H and O–H groups in total. The first-order valence-electron chi connectivity index (χ1n) is 5.34. The number of thiocarbonyl (C=S) groups is 1. The van der Waals surface area contributed by atoms with Crippen molar-refractivity contribution in [1.82, 2.24) is 0 Å². The summed E-state index contributed by atoms with van der Waals surface area (Å²) in [5, 5.41) is 5.80. The first-order valence-corrected chi connectivity index (χ1v) is 6.54. The van der Waals surface area contributed by atoms with Crippen LogP contribution >= 0.6 is 28.1 Å². The highest BCUT2D eigenvalue weighted by atomic mass is 79.9. The van der Waals surface area contributed by atoms with E-state index in [9.17, 15) is 8.78 Å². The predicted octanol–water partition coefficient (Wildman–Crippen LogP) is 4.54. The van der Waals surface area contributed by atoms with E-state index in [-0.39, 0.29) is 10.8 Å². The van der Waals surface area contributed by atoms with Crippen molar-refractivity contribution in [2.45, 2.75) is 0 Å². The molecule has 98 valence electrons. The molecule has 2 rings (SSSR count). The molecular formula is C13H9BrF2N2S. The summed E-state index contributed by atoms with van der Waals surface area (Å²) in [4.78, 5) is 0. The van der Waals surface area contributed by atoms with Gasteiger partial charge in [0.25, 0.3) is 0 Å². The van der Waals surface area contributed by atoms with E-state index in [2.05, 4.69) is 26.6 Å². The van der Waals surface area contributed by atoms with Crippen LogP contribution in [0.3, 0.4) is 0 Å². The van der Waals surface area contributed by atoms with Gasteiger partial charge in [-0.1, -0.05) is 12.1 Å².